The van der Waals surface area contributed by atoms with E-state index in [1.807, 2.05) is 0 Å². The van der Waals surface area contributed by atoms with Crippen molar-refractivity contribution in [1.29, 1.82) is 0 Å². The molecule has 0 saturated carbocycles. The molecule has 2 aromatic carbocycles. The number of amides is 1. The molecule has 29 heavy (non-hydrogen) atoms. The van der Waals surface area contributed by atoms with Gasteiger partial charge in [0.15, 0.2) is 11.5 Å². The fourth-order valence-electron chi connectivity index (χ4n) is 2.71. The quantitative estimate of drug-likeness (QED) is 0.595. The average molecular weight is 416 g/mol. The van der Waals surface area contributed by atoms with Crippen LogP contribution < -0.4 is 14.8 Å². The highest BCUT2D eigenvalue weighted by molar-refractivity contribution is 6.31. The Hall–Kier alpha value is -3.32. The predicted octanol–water partition coefficient (Wildman–Crippen LogP) is 4.64. The number of aryl methyl sites for hydroxylation is 1. The Morgan fingerprint density at radius 1 is 1.14 bits per heavy atom. The standard InChI is InChI=1S/C21H19ClFN3O3/c1-13-17(21(22)26(25-13)16-7-4-14(23)5-8-16)9-11-20(27)24-15-6-10-18(28-2)19(12-15)29-3/h4-12H,1-3H3,(H,24,27)/b11-9+. The molecule has 0 fully saturated rings. The Balaban J connectivity index is 1.78. The molecule has 0 bridgehead atoms. The lowest BCUT2D eigenvalue weighted by atomic mass is 10.2. The van der Waals surface area contributed by atoms with E-state index < -0.39 is 0 Å². The number of carbonyl (C=O) groups is 1. The summed E-state index contributed by atoms with van der Waals surface area (Å²) in [5, 5.41) is 7.43. The number of methoxy groups -OCH3 is 2. The van der Waals surface area contributed by atoms with Gasteiger partial charge in [0.1, 0.15) is 11.0 Å². The highest BCUT2D eigenvalue weighted by Crippen LogP contribution is 2.30. The van der Waals surface area contributed by atoms with Crippen molar-refractivity contribution in [2.45, 2.75) is 6.92 Å². The number of benzene rings is 2. The molecule has 8 heteroatoms. The number of halogens is 2. The number of anilines is 1. The van der Waals surface area contributed by atoms with Crippen LogP contribution in [0.2, 0.25) is 5.15 Å². The fraction of sp³-hybridized carbons (Fsp3) is 0.143. The predicted molar refractivity (Wildman–Crippen MR) is 110 cm³/mol. The number of ether oxygens (including phenoxy) is 2. The lowest BCUT2D eigenvalue weighted by Crippen LogP contribution is -2.08. The number of rotatable bonds is 6. The van der Waals surface area contributed by atoms with Crippen LogP contribution in [0.5, 0.6) is 11.5 Å². The number of nitrogens with zero attached hydrogens (tertiary/aromatic N) is 2. The first kappa shape index (κ1) is 20.4. The molecule has 1 heterocycles. The maximum absolute atomic E-state index is 13.1. The molecule has 0 aliphatic carbocycles. The van der Waals surface area contributed by atoms with Gasteiger partial charge in [0, 0.05) is 23.4 Å². The van der Waals surface area contributed by atoms with Crippen LogP contribution in [0.4, 0.5) is 10.1 Å². The third kappa shape index (κ3) is 4.57. The topological polar surface area (TPSA) is 65.4 Å². The van der Waals surface area contributed by atoms with Gasteiger partial charge in [0.05, 0.1) is 25.6 Å². The van der Waals surface area contributed by atoms with E-state index in [4.69, 9.17) is 21.1 Å². The fourth-order valence-corrected chi connectivity index (χ4v) is 3.05. The Bertz CT molecular complexity index is 1060. The summed E-state index contributed by atoms with van der Waals surface area (Å²) in [7, 11) is 3.06. The Labute approximate surface area is 172 Å². The van der Waals surface area contributed by atoms with Gasteiger partial charge in [0.25, 0.3) is 0 Å². The van der Waals surface area contributed by atoms with E-state index in [0.717, 1.165) is 0 Å². The smallest absolute Gasteiger partial charge is 0.248 e. The molecule has 0 aliphatic rings. The first-order valence-corrected chi connectivity index (χ1v) is 9.03. The van der Waals surface area contributed by atoms with Gasteiger partial charge in [-0.05, 0) is 49.4 Å². The van der Waals surface area contributed by atoms with Crippen molar-refractivity contribution in [2.75, 3.05) is 19.5 Å². The Morgan fingerprint density at radius 2 is 1.83 bits per heavy atom. The van der Waals surface area contributed by atoms with Crippen molar-refractivity contribution in [2.24, 2.45) is 0 Å². The molecule has 3 rings (SSSR count). The molecule has 0 radical (unpaired) electrons. The van der Waals surface area contributed by atoms with Crippen molar-refractivity contribution >= 4 is 29.3 Å². The zero-order valence-corrected chi connectivity index (χ0v) is 16.8. The van der Waals surface area contributed by atoms with Crippen LogP contribution >= 0.6 is 11.6 Å². The van der Waals surface area contributed by atoms with Gasteiger partial charge >= 0.3 is 0 Å². The van der Waals surface area contributed by atoms with Crippen molar-refractivity contribution in [3.05, 3.63) is 70.8 Å². The third-order valence-corrected chi connectivity index (χ3v) is 4.54. The Morgan fingerprint density at radius 3 is 2.48 bits per heavy atom. The van der Waals surface area contributed by atoms with Crippen molar-refractivity contribution in [1.82, 2.24) is 9.78 Å². The zero-order chi connectivity index (χ0) is 21.0. The van der Waals surface area contributed by atoms with E-state index in [1.54, 1.807) is 43.3 Å². The molecular weight excluding hydrogens is 397 g/mol. The highest BCUT2D eigenvalue weighted by Gasteiger charge is 2.13. The van der Waals surface area contributed by atoms with Crippen LogP contribution in [0.15, 0.2) is 48.5 Å². The molecule has 0 atom stereocenters. The van der Waals surface area contributed by atoms with Gasteiger partial charge in [-0.1, -0.05) is 11.6 Å². The van der Waals surface area contributed by atoms with Crippen LogP contribution in [-0.2, 0) is 4.79 Å². The minimum Gasteiger partial charge on any atom is -0.493 e. The molecule has 0 saturated heterocycles. The molecule has 3 aromatic rings. The average Bonchev–Trinajstić information content (AvgIpc) is 3.00. The molecule has 0 unspecified atom stereocenters. The number of hydrogen-bond acceptors (Lipinski definition) is 4. The van der Waals surface area contributed by atoms with Gasteiger partial charge in [0.2, 0.25) is 5.91 Å². The van der Waals surface area contributed by atoms with Crippen LogP contribution in [-0.4, -0.2) is 29.9 Å². The summed E-state index contributed by atoms with van der Waals surface area (Å²) in [4.78, 5) is 12.3. The van der Waals surface area contributed by atoms with Crippen molar-refractivity contribution in [3.8, 4) is 17.2 Å². The normalized spacial score (nSPS) is 10.9. The highest BCUT2D eigenvalue weighted by atomic mass is 35.5. The summed E-state index contributed by atoms with van der Waals surface area (Å²) in [6.45, 7) is 1.78. The zero-order valence-electron chi connectivity index (χ0n) is 16.1. The van der Waals surface area contributed by atoms with Crippen molar-refractivity contribution < 1.29 is 18.7 Å². The second-order valence-electron chi connectivity index (χ2n) is 6.07. The first-order chi connectivity index (χ1) is 13.9. The van der Waals surface area contributed by atoms with Crippen LogP contribution in [0.1, 0.15) is 11.3 Å². The van der Waals surface area contributed by atoms with E-state index in [0.29, 0.717) is 39.3 Å². The van der Waals surface area contributed by atoms with Crippen LogP contribution in [0.25, 0.3) is 11.8 Å². The molecule has 1 aromatic heterocycles. The van der Waals surface area contributed by atoms with E-state index >= 15 is 0 Å². The van der Waals surface area contributed by atoms with Gasteiger partial charge in [-0.2, -0.15) is 5.10 Å². The SMILES string of the molecule is COc1ccc(NC(=O)/C=C/c2c(C)nn(-c3ccc(F)cc3)c2Cl)cc1OC. The van der Waals surface area contributed by atoms with Gasteiger partial charge in [-0.25, -0.2) is 9.07 Å². The van der Waals surface area contributed by atoms with Gasteiger partial charge in [-0.3, -0.25) is 4.79 Å². The number of hydrogen-bond donors (Lipinski definition) is 1. The second-order valence-corrected chi connectivity index (χ2v) is 6.43. The molecule has 0 aliphatic heterocycles. The van der Waals surface area contributed by atoms with Crippen molar-refractivity contribution in [3.63, 3.8) is 0 Å². The minimum atomic E-state index is -0.347. The number of aromatic nitrogens is 2. The minimum absolute atomic E-state index is 0.323. The number of carbonyl (C=O) groups excluding carboxylic acids is 1. The summed E-state index contributed by atoms with van der Waals surface area (Å²) in [6.07, 6.45) is 2.95. The Kier molecular flexibility index (Phi) is 6.19. The molecule has 1 N–H and O–H groups in total. The maximum Gasteiger partial charge on any atom is 0.248 e. The number of nitrogens with one attached hydrogen (secondary N) is 1. The molecular formula is C21H19ClFN3O3. The lowest BCUT2D eigenvalue weighted by molar-refractivity contribution is -0.111. The molecule has 0 spiro atoms. The van der Waals surface area contributed by atoms with E-state index in [2.05, 4.69) is 10.4 Å². The van der Waals surface area contributed by atoms with Gasteiger partial charge in [-0.15, -0.1) is 0 Å². The summed E-state index contributed by atoms with van der Waals surface area (Å²) in [5.41, 5.74) is 2.41. The van der Waals surface area contributed by atoms with Gasteiger partial charge < -0.3 is 14.8 Å². The largest absolute Gasteiger partial charge is 0.493 e. The molecule has 6 nitrogen and oxygen atoms in total. The first-order valence-electron chi connectivity index (χ1n) is 8.65. The summed E-state index contributed by atoms with van der Waals surface area (Å²) >= 11 is 6.41. The third-order valence-electron chi connectivity index (χ3n) is 4.17. The van der Waals surface area contributed by atoms with E-state index in [1.165, 1.54) is 37.1 Å². The van der Waals surface area contributed by atoms with E-state index in [-0.39, 0.29) is 11.7 Å². The monoisotopic (exact) mass is 415 g/mol. The summed E-state index contributed by atoms with van der Waals surface area (Å²) < 4.78 is 25.0. The summed E-state index contributed by atoms with van der Waals surface area (Å²) in [6, 6.07) is 10.9. The molecule has 1 amide bonds. The summed E-state index contributed by atoms with van der Waals surface area (Å²) in [5.74, 6) is 0.383. The molecule has 150 valence electrons. The van der Waals surface area contributed by atoms with Crippen LogP contribution in [0.3, 0.4) is 0 Å². The maximum atomic E-state index is 13.1. The lowest BCUT2D eigenvalue weighted by Gasteiger charge is -2.09. The second kappa shape index (κ2) is 8.79. The van der Waals surface area contributed by atoms with Crippen LogP contribution in [0, 0.1) is 12.7 Å². The van der Waals surface area contributed by atoms with E-state index in [9.17, 15) is 9.18 Å².